The smallest absolute Gasteiger partial charge is 0.258 e. The third-order valence-corrected chi connectivity index (χ3v) is 4.08. The van der Waals surface area contributed by atoms with Gasteiger partial charge in [-0.2, -0.15) is 0 Å². The topological polar surface area (TPSA) is 54.0 Å². The summed E-state index contributed by atoms with van der Waals surface area (Å²) in [4.78, 5) is 16.0. The van der Waals surface area contributed by atoms with Gasteiger partial charge in [0.1, 0.15) is 0 Å². The molecule has 0 fully saturated rings. The van der Waals surface area contributed by atoms with Crippen LogP contribution < -0.4 is 10.6 Å². The summed E-state index contributed by atoms with van der Waals surface area (Å²) in [6, 6.07) is 21.8. The zero-order chi connectivity index (χ0) is 18.2. The van der Waals surface area contributed by atoms with Crippen molar-refractivity contribution >= 4 is 28.9 Å². The predicted octanol–water partition coefficient (Wildman–Crippen LogP) is 3.99. The summed E-state index contributed by atoms with van der Waals surface area (Å²) in [6.45, 7) is 0. The van der Waals surface area contributed by atoms with Gasteiger partial charge in [-0.15, -0.1) is 0 Å². The zero-order valence-electron chi connectivity index (χ0n) is 14.2. The number of hydrogen-bond acceptors (Lipinski definition) is 3. The maximum absolute atomic E-state index is 12.1. The molecule has 3 aromatic rings. The molecule has 26 heavy (non-hydrogen) atoms. The Hall–Kier alpha value is -3.05. The summed E-state index contributed by atoms with van der Waals surface area (Å²) in [5.74, 6) is -0.282. The number of nitrogens with zero attached hydrogens (tertiary/aromatic N) is 1. The van der Waals surface area contributed by atoms with Crippen LogP contribution in [-0.4, -0.2) is 16.0 Å². The van der Waals surface area contributed by atoms with Crippen LogP contribution in [-0.2, 0) is 12.8 Å². The van der Waals surface area contributed by atoms with E-state index in [-0.39, 0.29) is 11.0 Å². The fourth-order valence-corrected chi connectivity index (χ4v) is 2.78. The van der Waals surface area contributed by atoms with Crippen LogP contribution in [0.15, 0.2) is 79.1 Å². The van der Waals surface area contributed by atoms with E-state index in [4.69, 9.17) is 12.2 Å². The number of nitrogens with one attached hydrogen (secondary N) is 2. The number of thiocarbonyl (C=S) groups is 1. The molecule has 1 heterocycles. The Balaban J connectivity index is 1.56. The van der Waals surface area contributed by atoms with Gasteiger partial charge in [0.05, 0.1) is 5.56 Å². The summed E-state index contributed by atoms with van der Waals surface area (Å²) in [7, 11) is 0. The first kappa shape index (κ1) is 17.8. The van der Waals surface area contributed by atoms with E-state index in [1.54, 1.807) is 18.3 Å². The molecule has 0 aliphatic rings. The van der Waals surface area contributed by atoms with E-state index < -0.39 is 0 Å². The van der Waals surface area contributed by atoms with E-state index in [0.29, 0.717) is 5.56 Å². The molecule has 3 rings (SSSR count). The van der Waals surface area contributed by atoms with Crippen molar-refractivity contribution in [3.63, 3.8) is 0 Å². The minimum Gasteiger partial charge on any atom is -0.332 e. The molecule has 0 saturated carbocycles. The van der Waals surface area contributed by atoms with Crippen molar-refractivity contribution in [1.82, 2.24) is 10.3 Å². The van der Waals surface area contributed by atoms with Gasteiger partial charge in [-0.1, -0.05) is 42.5 Å². The number of benzene rings is 2. The van der Waals surface area contributed by atoms with Gasteiger partial charge >= 0.3 is 0 Å². The second-order valence-electron chi connectivity index (χ2n) is 5.84. The van der Waals surface area contributed by atoms with Gasteiger partial charge in [0.25, 0.3) is 5.91 Å². The van der Waals surface area contributed by atoms with Crippen molar-refractivity contribution in [3.05, 3.63) is 95.8 Å². The Kier molecular flexibility index (Phi) is 6.06. The monoisotopic (exact) mass is 361 g/mol. The van der Waals surface area contributed by atoms with Crippen LogP contribution in [0, 0.1) is 0 Å². The predicted molar refractivity (Wildman–Crippen MR) is 108 cm³/mol. The van der Waals surface area contributed by atoms with Gasteiger partial charge in [0.15, 0.2) is 5.11 Å². The summed E-state index contributed by atoms with van der Waals surface area (Å²) in [6.07, 6.45) is 5.04. The zero-order valence-corrected chi connectivity index (χ0v) is 15.0. The number of pyridine rings is 1. The molecule has 0 radical (unpaired) electrons. The Labute approximate surface area is 158 Å². The summed E-state index contributed by atoms with van der Waals surface area (Å²) in [5.41, 5.74) is 3.84. The van der Waals surface area contributed by atoms with E-state index >= 15 is 0 Å². The third-order valence-electron chi connectivity index (χ3n) is 3.88. The molecule has 0 atom stereocenters. The molecule has 2 N–H and O–H groups in total. The molecule has 0 aliphatic heterocycles. The largest absolute Gasteiger partial charge is 0.332 e. The fraction of sp³-hybridized carbons (Fsp3) is 0.0952. The molecule has 0 aliphatic carbocycles. The van der Waals surface area contributed by atoms with Crippen LogP contribution in [0.1, 0.15) is 21.5 Å². The lowest BCUT2D eigenvalue weighted by Crippen LogP contribution is -2.34. The van der Waals surface area contributed by atoms with Crippen LogP contribution in [0.5, 0.6) is 0 Å². The average molecular weight is 361 g/mol. The minimum absolute atomic E-state index is 0.263. The first-order valence-electron chi connectivity index (χ1n) is 8.36. The Morgan fingerprint density at radius 1 is 0.923 bits per heavy atom. The highest BCUT2D eigenvalue weighted by atomic mass is 32.1. The van der Waals surface area contributed by atoms with E-state index in [1.807, 2.05) is 24.3 Å². The van der Waals surface area contributed by atoms with Gasteiger partial charge < -0.3 is 5.32 Å². The van der Waals surface area contributed by atoms with Gasteiger partial charge in [0, 0.05) is 18.1 Å². The molecule has 1 aromatic heterocycles. The molecule has 0 saturated heterocycles. The molecule has 5 heteroatoms. The van der Waals surface area contributed by atoms with Crippen LogP contribution in [0.25, 0.3) is 0 Å². The number of anilines is 1. The van der Waals surface area contributed by atoms with Crippen molar-refractivity contribution in [2.75, 3.05) is 5.32 Å². The highest BCUT2D eigenvalue weighted by Gasteiger charge is 2.08. The van der Waals surface area contributed by atoms with Crippen LogP contribution in [0.3, 0.4) is 0 Å². The Morgan fingerprint density at radius 3 is 2.46 bits per heavy atom. The van der Waals surface area contributed by atoms with Crippen molar-refractivity contribution in [1.29, 1.82) is 0 Å². The molecule has 2 aromatic carbocycles. The van der Waals surface area contributed by atoms with Gasteiger partial charge in [-0.25, -0.2) is 0 Å². The SMILES string of the molecule is O=C(NC(=S)Nc1cccc(CCc2ccccc2)c1)c1cccnc1. The number of carbonyl (C=O) groups is 1. The molecule has 0 spiro atoms. The second kappa shape index (κ2) is 8.87. The standard InChI is InChI=1S/C21H19N3OS/c25-20(18-9-5-13-22-15-18)24-21(26)23-19-10-4-8-17(14-19)12-11-16-6-2-1-3-7-16/h1-10,13-15H,11-12H2,(H2,23,24,25,26). The second-order valence-corrected chi connectivity index (χ2v) is 6.24. The fourth-order valence-electron chi connectivity index (χ4n) is 2.57. The van der Waals surface area contributed by atoms with Crippen molar-refractivity contribution < 1.29 is 4.79 Å². The van der Waals surface area contributed by atoms with Crippen molar-refractivity contribution in [2.45, 2.75) is 12.8 Å². The third kappa shape index (κ3) is 5.22. The maximum Gasteiger partial charge on any atom is 0.258 e. The minimum atomic E-state index is -0.282. The van der Waals surface area contributed by atoms with E-state index in [0.717, 1.165) is 18.5 Å². The molecular formula is C21H19N3OS. The number of aryl methyl sites for hydroxylation is 2. The van der Waals surface area contributed by atoms with E-state index in [1.165, 1.54) is 17.3 Å². The van der Waals surface area contributed by atoms with E-state index in [9.17, 15) is 4.79 Å². The lowest BCUT2D eigenvalue weighted by Gasteiger charge is -2.11. The molecule has 0 unspecified atom stereocenters. The molecule has 4 nitrogen and oxygen atoms in total. The lowest BCUT2D eigenvalue weighted by atomic mass is 10.0. The highest BCUT2D eigenvalue weighted by Crippen LogP contribution is 2.13. The maximum atomic E-state index is 12.1. The van der Waals surface area contributed by atoms with Crippen LogP contribution >= 0.6 is 12.2 Å². The first-order chi connectivity index (χ1) is 12.7. The summed E-state index contributed by atoms with van der Waals surface area (Å²) < 4.78 is 0. The number of rotatable bonds is 5. The average Bonchev–Trinajstić information content (AvgIpc) is 2.68. The van der Waals surface area contributed by atoms with Crippen LogP contribution in [0.2, 0.25) is 0 Å². The Morgan fingerprint density at radius 2 is 1.69 bits per heavy atom. The van der Waals surface area contributed by atoms with Crippen molar-refractivity contribution in [2.24, 2.45) is 0 Å². The quantitative estimate of drug-likeness (QED) is 0.675. The van der Waals surface area contributed by atoms with Gasteiger partial charge in [-0.3, -0.25) is 15.1 Å². The van der Waals surface area contributed by atoms with Crippen molar-refractivity contribution in [3.8, 4) is 0 Å². The number of amides is 1. The van der Waals surface area contributed by atoms with Crippen LogP contribution in [0.4, 0.5) is 5.69 Å². The number of hydrogen-bond donors (Lipinski definition) is 2. The Bertz CT molecular complexity index is 882. The van der Waals surface area contributed by atoms with Gasteiger partial charge in [-0.05, 0) is 60.5 Å². The molecule has 0 bridgehead atoms. The number of carbonyl (C=O) groups excluding carboxylic acids is 1. The van der Waals surface area contributed by atoms with Gasteiger partial charge in [0.2, 0.25) is 0 Å². The summed E-state index contributed by atoms with van der Waals surface area (Å²) >= 11 is 5.23. The number of aromatic nitrogens is 1. The van der Waals surface area contributed by atoms with E-state index in [2.05, 4.69) is 45.9 Å². The first-order valence-corrected chi connectivity index (χ1v) is 8.77. The lowest BCUT2D eigenvalue weighted by molar-refractivity contribution is 0.0977. The normalized spacial score (nSPS) is 10.2. The summed E-state index contributed by atoms with van der Waals surface area (Å²) in [5, 5.41) is 5.99. The molecule has 1 amide bonds. The molecule has 130 valence electrons. The highest BCUT2D eigenvalue weighted by molar-refractivity contribution is 7.80. The molecular weight excluding hydrogens is 342 g/mol.